The Morgan fingerprint density at radius 1 is 0.466 bits per heavy atom. The van der Waals surface area contributed by atoms with Gasteiger partial charge in [0.05, 0.1) is 45.8 Å². The molecule has 8 N–H and O–H groups in total. The summed E-state index contributed by atoms with van der Waals surface area (Å²) in [6.45, 7) is 1.96. The Hall–Kier alpha value is -4.36. The van der Waals surface area contributed by atoms with Gasteiger partial charge in [0.25, 0.3) is 0 Å². The Balaban J connectivity index is 3.76. The Morgan fingerprint density at radius 2 is 0.914 bits per heavy atom. The van der Waals surface area contributed by atoms with Crippen LogP contribution in [0.25, 0.3) is 0 Å². The van der Waals surface area contributed by atoms with Crippen molar-refractivity contribution in [2.45, 2.75) is 141 Å². The van der Waals surface area contributed by atoms with Gasteiger partial charge in [0.1, 0.15) is 12.1 Å². The molecule has 0 aromatic heterocycles. The smallest absolute Gasteiger partial charge is 0.326 e. The minimum atomic E-state index is -1.30. The molecule has 0 bridgehead atoms. The second kappa shape index (κ2) is 38.2. The van der Waals surface area contributed by atoms with Crippen LogP contribution in [0.4, 0.5) is 0 Å². The first-order valence-corrected chi connectivity index (χ1v) is 20.7. The highest BCUT2D eigenvalue weighted by atomic mass is 16.5. The highest BCUT2D eigenvalue weighted by Crippen LogP contribution is 2.14. The fourth-order valence-electron chi connectivity index (χ4n) is 5.62. The zero-order valence-electron chi connectivity index (χ0n) is 34.1. The number of carbonyl (C=O) groups excluding carboxylic acids is 5. The number of ether oxygens (including phenoxy) is 3. The Bertz CT molecular complexity index is 1180. The predicted octanol–water partition coefficient (Wildman–Crippen LogP) is 2.04. The van der Waals surface area contributed by atoms with Crippen LogP contribution in [0.1, 0.15) is 128 Å². The minimum Gasteiger partial charge on any atom is -0.481 e. The Kier molecular flexibility index (Phi) is 35.3. The molecule has 0 saturated carbocycles. The van der Waals surface area contributed by atoms with Gasteiger partial charge in [-0.15, -0.1) is 0 Å². The van der Waals surface area contributed by atoms with Gasteiger partial charge in [0.2, 0.25) is 30.0 Å². The highest BCUT2D eigenvalue weighted by molar-refractivity contribution is 5.91. The molecule has 0 fully saturated rings. The van der Waals surface area contributed by atoms with Gasteiger partial charge in [-0.3, -0.25) is 33.6 Å². The first-order chi connectivity index (χ1) is 28.0. The second-order valence-electron chi connectivity index (χ2n) is 13.9. The molecule has 58 heavy (non-hydrogen) atoms. The second-order valence-corrected chi connectivity index (χ2v) is 13.9. The third-order valence-corrected chi connectivity index (χ3v) is 8.74. The van der Waals surface area contributed by atoms with Crippen LogP contribution in [0.3, 0.4) is 0 Å². The molecule has 0 radical (unpaired) electrons. The molecule has 0 saturated heterocycles. The van der Waals surface area contributed by atoms with Crippen molar-refractivity contribution < 1.29 is 67.9 Å². The van der Waals surface area contributed by atoms with Gasteiger partial charge in [-0.1, -0.05) is 77.0 Å². The quantitative estimate of drug-likeness (QED) is 0.0323. The third-order valence-electron chi connectivity index (χ3n) is 8.74. The van der Waals surface area contributed by atoms with E-state index in [-0.39, 0.29) is 44.8 Å². The molecule has 0 heterocycles. The van der Waals surface area contributed by atoms with Crippen LogP contribution < -0.4 is 26.6 Å². The third kappa shape index (κ3) is 36.0. The maximum atomic E-state index is 12.3. The van der Waals surface area contributed by atoms with Crippen molar-refractivity contribution in [3.63, 3.8) is 0 Å². The van der Waals surface area contributed by atoms with Crippen molar-refractivity contribution in [3.05, 3.63) is 0 Å². The van der Waals surface area contributed by atoms with Gasteiger partial charge in [-0.25, -0.2) is 4.79 Å². The van der Waals surface area contributed by atoms with E-state index in [0.29, 0.717) is 65.3 Å². The number of unbranched alkanes of at least 4 members (excludes halogenated alkanes) is 13. The van der Waals surface area contributed by atoms with Gasteiger partial charge in [0, 0.05) is 39.1 Å². The molecular weight excluding hydrogens is 762 g/mol. The molecule has 0 aliphatic heterocycles. The van der Waals surface area contributed by atoms with Crippen LogP contribution in [-0.4, -0.2) is 135 Å². The zero-order valence-corrected chi connectivity index (χ0v) is 34.1. The average Bonchev–Trinajstić information content (AvgIpc) is 3.17. The number of carboxylic acid groups (broad SMARTS) is 3. The molecule has 0 aliphatic rings. The van der Waals surface area contributed by atoms with Crippen LogP contribution in [-0.2, 0) is 52.6 Å². The van der Waals surface area contributed by atoms with E-state index in [1.54, 1.807) is 0 Å². The number of nitrogens with one attached hydrogen (secondary N) is 5. The lowest BCUT2D eigenvalue weighted by Crippen LogP contribution is -2.50. The Labute approximate surface area is 341 Å². The molecule has 19 heteroatoms. The highest BCUT2D eigenvalue weighted by Gasteiger charge is 2.24. The molecule has 0 aromatic rings. The molecule has 334 valence electrons. The topological polar surface area (TPSA) is 285 Å². The summed E-state index contributed by atoms with van der Waals surface area (Å²) in [6, 6.07) is -2.59. The van der Waals surface area contributed by atoms with Gasteiger partial charge < -0.3 is 56.1 Å². The van der Waals surface area contributed by atoms with E-state index in [1.165, 1.54) is 38.5 Å². The van der Waals surface area contributed by atoms with Crippen molar-refractivity contribution >= 4 is 47.9 Å². The van der Waals surface area contributed by atoms with E-state index in [1.807, 2.05) is 0 Å². The SMILES string of the molecule is O=CNCC(=O)N[C@@H](CC(=O)O)C(=O)NCCCOCCOCCOCCCNC(=O)C[C@H](NC(=O)CCCCCCCCCCCCCCCCC(=O)O)C(=O)O. The van der Waals surface area contributed by atoms with Crippen LogP contribution >= 0.6 is 0 Å². The maximum absolute atomic E-state index is 12.3. The largest absolute Gasteiger partial charge is 0.481 e. The van der Waals surface area contributed by atoms with Crippen LogP contribution in [0.15, 0.2) is 0 Å². The number of carboxylic acids is 3. The molecule has 0 rings (SSSR count). The molecule has 0 unspecified atom stereocenters. The lowest BCUT2D eigenvalue weighted by atomic mass is 10.0. The summed E-state index contributed by atoms with van der Waals surface area (Å²) in [4.78, 5) is 91.9. The van der Waals surface area contributed by atoms with E-state index < -0.39 is 54.1 Å². The van der Waals surface area contributed by atoms with Crippen molar-refractivity contribution in [3.8, 4) is 0 Å². The number of hydrogen-bond acceptors (Lipinski definition) is 11. The van der Waals surface area contributed by atoms with Gasteiger partial charge >= 0.3 is 17.9 Å². The molecular formula is C39H69N5O14. The minimum absolute atomic E-state index is 0.190. The first-order valence-electron chi connectivity index (χ1n) is 20.7. The molecule has 0 spiro atoms. The van der Waals surface area contributed by atoms with Crippen LogP contribution in [0.5, 0.6) is 0 Å². The standard InChI is InChI=1S/C39H69N5O14/c45-30-40-29-35(48)43-31(28-37(51)52)38(53)42-20-16-22-57-24-26-58-25-23-56-21-15-19-41-34(47)27-32(39(54)55)44-33(46)17-13-11-9-7-5-3-1-2-4-6-8-10-12-14-18-36(49)50/h30-32H,1-29H2,(H,40,45)(H,41,47)(H,42,53)(H,43,48)(H,44,46)(H,49,50)(H,51,52)(H,54,55)/t31-,32-/m0/s1. The number of carbonyl (C=O) groups is 8. The van der Waals surface area contributed by atoms with Crippen molar-refractivity contribution in [2.24, 2.45) is 0 Å². The normalized spacial score (nSPS) is 11.9. The molecule has 2 atom stereocenters. The van der Waals surface area contributed by atoms with Gasteiger partial charge in [-0.05, 0) is 25.7 Å². The van der Waals surface area contributed by atoms with Crippen molar-refractivity contribution in [1.82, 2.24) is 26.6 Å². The summed E-state index contributed by atoms with van der Waals surface area (Å²) >= 11 is 0. The van der Waals surface area contributed by atoms with Gasteiger partial charge in [-0.2, -0.15) is 0 Å². The van der Waals surface area contributed by atoms with Crippen molar-refractivity contribution in [1.29, 1.82) is 0 Å². The van der Waals surface area contributed by atoms with E-state index >= 15 is 0 Å². The molecule has 0 aliphatic carbocycles. The fourth-order valence-corrected chi connectivity index (χ4v) is 5.62. The summed E-state index contributed by atoms with van der Waals surface area (Å²) < 4.78 is 16.3. The van der Waals surface area contributed by atoms with Crippen LogP contribution in [0, 0.1) is 0 Å². The average molecular weight is 832 g/mol. The van der Waals surface area contributed by atoms with E-state index in [9.17, 15) is 43.5 Å². The monoisotopic (exact) mass is 831 g/mol. The molecule has 5 amide bonds. The van der Waals surface area contributed by atoms with E-state index in [4.69, 9.17) is 24.4 Å². The summed E-state index contributed by atoms with van der Waals surface area (Å²) in [7, 11) is 0. The van der Waals surface area contributed by atoms with Crippen LogP contribution in [0.2, 0.25) is 0 Å². The maximum Gasteiger partial charge on any atom is 0.326 e. The molecule has 19 nitrogen and oxygen atoms in total. The van der Waals surface area contributed by atoms with E-state index in [0.717, 1.165) is 44.9 Å². The van der Waals surface area contributed by atoms with E-state index in [2.05, 4.69) is 26.6 Å². The summed E-state index contributed by atoms with van der Waals surface area (Å²) in [5, 5.41) is 39.1. The molecule has 0 aromatic carbocycles. The lowest BCUT2D eigenvalue weighted by molar-refractivity contribution is -0.143. The summed E-state index contributed by atoms with van der Waals surface area (Å²) in [6.07, 6.45) is 15.6. The summed E-state index contributed by atoms with van der Waals surface area (Å²) in [5.41, 5.74) is 0. The van der Waals surface area contributed by atoms with Crippen molar-refractivity contribution in [2.75, 3.05) is 59.3 Å². The lowest BCUT2D eigenvalue weighted by Gasteiger charge is -2.16. The first kappa shape index (κ1) is 53.6. The Morgan fingerprint density at radius 3 is 1.38 bits per heavy atom. The zero-order chi connectivity index (χ0) is 43.1. The predicted molar refractivity (Wildman–Crippen MR) is 212 cm³/mol. The number of hydrogen-bond donors (Lipinski definition) is 8. The number of rotatable bonds is 42. The number of amides is 5. The fraction of sp³-hybridized carbons (Fsp3) is 0.795. The van der Waals surface area contributed by atoms with Gasteiger partial charge in [0.15, 0.2) is 0 Å². The summed E-state index contributed by atoms with van der Waals surface area (Å²) in [5.74, 6) is -5.49. The number of aliphatic carboxylic acids is 3.